The van der Waals surface area contributed by atoms with Gasteiger partial charge in [-0.15, -0.1) is 10.2 Å². The fraction of sp³-hybridized carbons (Fsp3) is 0.600. The topological polar surface area (TPSA) is 77.2 Å². The summed E-state index contributed by atoms with van der Waals surface area (Å²) in [5, 5.41) is 7.89. The van der Waals surface area contributed by atoms with Crippen molar-refractivity contribution in [2.75, 3.05) is 13.1 Å². The third kappa shape index (κ3) is 3.79. The third-order valence-corrected chi connectivity index (χ3v) is 3.82. The Morgan fingerprint density at radius 3 is 2.55 bits per heavy atom. The van der Waals surface area contributed by atoms with Crippen molar-refractivity contribution < 1.29 is 9.15 Å². The average Bonchev–Trinajstić information content (AvgIpc) is 2.95. The van der Waals surface area contributed by atoms with Crippen molar-refractivity contribution in [1.29, 1.82) is 0 Å². The molecule has 0 aromatic carbocycles. The SMILES string of the molecule is CCc1cnc(OC2CCN(Cc3nnc(C)o3)CC2)nc1. The lowest BCUT2D eigenvalue weighted by atomic mass is 10.1. The average molecular weight is 303 g/mol. The van der Waals surface area contributed by atoms with Gasteiger partial charge in [0.1, 0.15) is 6.10 Å². The fourth-order valence-electron chi connectivity index (χ4n) is 2.51. The quantitative estimate of drug-likeness (QED) is 0.833. The molecule has 0 bridgehead atoms. The van der Waals surface area contributed by atoms with Crippen molar-refractivity contribution >= 4 is 0 Å². The number of rotatable bonds is 5. The number of hydrogen-bond donors (Lipinski definition) is 0. The molecule has 1 aliphatic rings. The highest BCUT2D eigenvalue weighted by atomic mass is 16.5. The Morgan fingerprint density at radius 1 is 1.23 bits per heavy atom. The maximum Gasteiger partial charge on any atom is 0.316 e. The first-order chi connectivity index (χ1) is 10.7. The molecule has 1 saturated heterocycles. The molecule has 0 amide bonds. The molecule has 0 N–H and O–H groups in total. The maximum absolute atomic E-state index is 5.86. The second-order valence-electron chi connectivity index (χ2n) is 5.54. The van der Waals surface area contributed by atoms with E-state index >= 15 is 0 Å². The third-order valence-electron chi connectivity index (χ3n) is 3.82. The van der Waals surface area contributed by atoms with Gasteiger partial charge in [-0.1, -0.05) is 6.92 Å². The van der Waals surface area contributed by atoms with Crippen LogP contribution in [0.5, 0.6) is 6.01 Å². The molecule has 7 nitrogen and oxygen atoms in total. The van der Waals surface area contributed by atoms with Gasteiger partial charge in [-0.2, -0.15) is 0 Å². The van der Waals surface area contributed by atoms with Crippen molar-refractivity contribution in [3.8, 4) is 6.01 Å². The van der Waals surface area contributed by atoms with E-state index in [0.29, 0.717) is 24.3 Å². The van der Waals surface area contributed by atoms with Crippen molar-refractivity contribution in [2.45, 2.75) is 45.8 Å². The number of piperidine rings is 1. The van der Waals surface area contributed by atoms with Crippen LogP contribution < -0.4 is 4.74 Å². The van der Waals surface area contributed by atoms with Crippen LogP contribution in [0.1, 0.15) is 37.1 Å². The largest absolute Gasteiger partial charge is 0.460 e. The van der Waals surface area contributed by atoms with Crippen molar-refractivity contribution in [3.05, 3.63) is 29.7 Å². The molecule has 0 saturated carbocycles. The van der Waals surface area contributed by atoms with Crippen LogP contribution in [-0.2, 0) is 13.0 Å². The highest BCUT2D eigenvalue weighted by molar-refractivity contribution is 5.07. The molecule has 0 unspecified atom stereocenters. The summed E-state index contributed by atoms with van der Waals surface area (Å²) in [6, 6.07) is 0.475. The van der Waals surface area contributed by atoms with Crippen LogP contribution in [0.2, 0.25) is 0 Å². The number of likely N-dealkylation sites (tertiary alicyclic amines) is 1. The summed E-state index contributed by atoms with van der Waals surface area (Å²) in [4.78, 5) is 10.8. The van der Waals surface area contributed by atoms with E-state index < -0.39 is 0 Å². The van der Waals surface area contributed by atoms with Crippen LogP contribution in [0.4, 0.5) is 0 Å². The van der Waals surface area contributed by atoms with Crippen LogP contribution in [0, 0.1) is 6.92 Å². The molecule has 0 spiro atoms. The Hall–Kier alpha value is -2.02. The lowest BCUT2D eigenvalue weighted by Crippen LogP contribution is -2.38. The van der Waals surface area contributed by atoms with Crippen LogP contribution >= 0.6 is 0 Å². The highest BCUT2D eigenvalue weighted by Crippen LogP contribution is 2.17. The van der Waals surface area contributed by atoms with Crippen LogP contribution in [-0.4, -0.2) is 44.3 Å². The Bertz CT molecular complexity index is 590. The molecule has 0 atom stereocenters. The molecule has 7 heteroatoms. The van der Waals surface area contributed by atoms with Gasteiger partial charge in [0, 0.05) is 32.4 Å². The summed E-state index contributed by atoms with van der Waals surface area (Å²) in [7, 11) is 0. The molecule has 1 aliphatic heterocycles. The van der Waals surface area contributed by atoms with Gasteiger partial charge in [0.15, 0.2) is 0 Å². The zero-order valence-corrected chi connectivity index (χ0v) is 13.0. The van der Waals surface area contributed by atoms with Gasteiger partial charge in [0.2, 0.25) is 11.8 Å². The van der Waals surface area contributed by atoms with Crippen LogP contribution in [0.15, 0.2) is 16.8 Å². The van der Waals surface area contributed by atoms with Crippen molar-refractivity contribution in [2.24, 2.45) is 0 Å². The molecule has 2 aromatic rings. The normalized spacial score (nSPS) is 16.8. The summed E-state index contributed by atoms with van der Waals surface area (Å²) in [5.41, 5.74) is 1.12. The molecule has 0 radical (unpaired) electrons. The minimum Gasteiger partial charge on any atom is -0.460 e. The van der Waals surface area contributed by atoms with Gasteiger partial charge < -0.3 is 9.15 Å². The molecule has 22 heavy (non-hydrogen) atoms. The minimum atomic E-state index is 0.174. The van der Waals surface area contributed by atoms with E-state index in [1.807, 2.05) is 12.4 Å². The van der Waals surface area contributed by atoms with Gasteiger partial charge in [-0.05, 0) is 24.8 Å². The summed E-state index contributed by atoms with van der Waals surface area (Å²) in [5.74, 6) is 1.29. The number of aryl methyl sites for hydroxylation is 2. The van der Waals surface area contributed by atoms with E-state index in [9.17, 15) is 0 Å². The van der Waals surface area contributed by atoms with Gasteiger partial charge in [-0.3, -0.25) is 4.90 Å². The van der Waals surface area contributed by atoms with E-state index in [-0.39, 0.29) is 6.10 Å². The summed E-state index contributed by atoms with van der Waals surface area (Å²) in [6.45, 7) is 6.48. The highest BCUT2D eigenvalue weighted by Gasteiger charge is 2.22. The van der Waals surface area contributed by atoms with Crippen molar-refractivity contribution in [1.82, 2.24) is 25.1 Å². The van der Waals surface area contributed by atoms with Gasteiger partial charge in [0.05, 0.1) is 6.54 Å². The van der Waals surface area contributed by atoms with Crippen LogP contribution in [0.3, 0.4) is 0 Å². The van der Waals surface area contributed by atoms with E-state index in [0.717, 1.165) is 37.9 Å². The first-order valence-corrected chi connectivity index (χ1v) is 7.72. The van der Waals surface area contributed by atoms with E-state index in [4.69, 9.17) is 9.15 Å². The van der Waals surface area contributed by atoms with Gasteiger partial charge >= 0.3 is 6.01 Å². The first kappa shape index (κ1) is 14.9. The maximum atomic E-state index is 5.86. The Labute approximate surface area is 129 Å². The smallest absolute Gasteiger partial charge is 0.316 e. The fourth-order valence-corrected chi connectivity index (χ4v) is 2.51. The lowest BCUT2D eigenvalue weighted by Gasteiger charge is -2.30. The molecule has 118 valence electrons. The van der Waals surface area contributed by atoms with Gasteiger partial charge in [0.25, 0.3) is 0 Å². The number of ether oxygens (including phenoxy) is 1. The molecule has 2 aromatic heterocycles. The molecular formula is C15H21N5O2. The first-order valence-electron chi connectivity index (χ1n) is 7.72. The predicted octanol–water partition coefficient (Wildman–Crippen LogP) is 1.77. The standard InChI is InChI=1S/C15H21N5O2/c1-3-12-8-16-15(17-9-12)22-13-4-6-20(7-5-13)10-14-19-18-11(2)21-14/h8-9,13H,3-7,10H2,1-2H3. The molecule has 1 fully saturated rings. The lowest BCUT2D eigenvalue weighted by molar-refractivity contribution is 0.0846. The number of hydrogen-bond acceptors (Lipinski definition) is 7. The molecular weight excluding hydrogens is 282 g/mol. The second-order valence-corrected chi connectivity index (χ2v) is 5.54. The Balaban J connectivity index is 1.46. The Kier molecular flexibility index (Phi) is 4.62. The zero-order chi connectivity index (χ0) is 15.4. The molecule has 0 aliphatic carbocycles. The minimum absolute atomic E-state index is 0.174. The number of aromatic nitrogens is 4. The summed E-state index contributed by atoms with van der Waals surface area (Å²) >= 11 is 0. The van der Waals surface area contributed by atoms with Gasteiger partial charge in [-0.25, -0.2) is 9.97 Å². The number of nitrogens with zero attached hydrogens (tertiary/aromatic N) is 5. The predicted molar refractivity (Wildman–Crippen MR) is 79.4 cm³/mol. The monoisotopic (exact) mass is 303 g/mol. The zero-order valence-electron chi connectivity index (χ0n) is 13.0. The van der Waals surface area contributed by atoms with E-state index in [1.165, 1.54) is 0 Å². The van der Waals surface area contributed by atoms with Crippen LogP contribution in [0.25, 0.3) is 0 Å². The van der Waals surface area contributed by atoms with E-state index in [1.54, 1.807) is 6.92 Å². The van der Waals surface area contributed by atoms with Crippen molar-refractivity contribution in [3.63, 3.8) is 0 Å². The molecule has 3 rings (SSSR count). The Morgan fingerprint density at radius 2 is 1.95 bits per heavy atom. The molecule has 3 heterocycles. The second kappa shape index (κ2) is 6.83. The summed E-state index contributed by atoms with van der Waals surface area (Å²) < 4.78 is 11.3. The summed E-state index contributed by atoms with van der Waals surface area (Å²) in [6.07, 6.45) is 6.67. The van der Waals surface area contributed by atoms with E-state index in [2.05, 4.69) is 32.0 Å².